The lowest BCUT2D eigenvalue weighted by Crippen LogP contribution is -2.43. The van der Waals surface area contributed by atoms with Crippen molar-refractivity contribution in [3.8, 4) is 0 Å². The number of aliphatic carboxylic acids is 1. The van der Waals surface area contributed by atoms with Crippen molar-refractivity contribution in [1.29, 1.82) is 0 Å². The molecule has 0 saturated carbocycles. The Labute approximate surface area is 129 Å². The van der Waals surface area contributed by atoms with Gasteiger partial charge in [-0.3, -0.25) is 9.69 Å². The number of carbonyl (C=O) groups excluding carboxylic acids is 1. The predicted octanol–water partition coefficient (Wildman–Crippen LogP) is 1.69. The fourth-order valence-electron chi connectivity index (χ4n) is 3.13. The SMILES string of the molecule is CCOC(C(=O)O)N1Cc2ccc(N3CCCC3)cc2C1=O. The number of benzene rings is 1. The molecule has 0 aliphatic carbocycles. The molecule has 6 nitrogen and oxygen atoms in total. The van der Waals surface area contributed by atoms with Crippen LogP contribution in [0.4, 0.5) is 5.69 Å². The summed E-state index contributed by atoms with van der Waals surface area (Å²) in [6.45, 7) is 4.26. The van der Waals surface area contributed by atoms with Gasteiger partial charge in [0.15, 0.2) is 0 Å². The van der Waals surface area contributed by atoms with E-state index >= 15 is 0 Å². The highest BCUT2D eigenvalue weighted by Crippen LogP contribution is 2.30. The van der Waals surface area contributed by atoms with Gasteiger partial charge in [0.25, 0.3) is 5.91 Å². The first-order valence-corrected chi connectivity index (χ1v) is 7.65. The molecule has 118 valence electrons. The van der Waals surface area contributed by atoms with Gasteiger partial charge in [0.1, 0.15) is 0 Å². The Morgan fingerprint density at radius 1 is 1.36 bits per heavy atom. The van der Waals surface area contributed by atoms with Crippen molar-refractivity contribution >= 4 is 17.6 Å². The van der Waals surface area contributed by atoms with Gasteiger partial charge in [-0.05, 0) is 37.5 Å². The number of hydrogen-bond donors (Lipinski definition) is 1. The lowest BCUT2D eigenvalue weighted by Gasteiger charge is -2.23. The fraction of sp³-hybridized carbons (Fsp3) is 0.500. The van der Waals surface area contributed by atoms with Crippen molar-refractivity contribution in [3.05, 3.63) is 29.3 Å². The van der Waals surface area contributed by atoms with Crippen molar-refractivity contribution < 1.29 is 19.4 Å². The van der Waals surface area contributed by atoms with Gasteiger partial charge in [0.2, 0.25) is 6.23 Å². The van der Waals surface area contributed by atoms with Crippen LogP contribution in [0.5, 0.6) is 0 Å². The number of hydrogen-bond acceptors (Lipinski definition) is 4. The highest BCUT2D eigenvalue weighted by atomic mass is 16.5. The molecular weight excluding hydrogens is 284 g/mol. The van der Waals surface area contributed by atoms with Crippen molar-refractivity contribution in [1.82, 2.24) is 4.90 Å². The maximum atomic E-state index is 12.5. The van der Waals surface area contributed by atoms with Crippen molar-refractivity contribution in [2.45, 2.75) is 32.5 Å². The maximum Gasteiger partial charge on any atom is 0.354 e. The minimum atomic E-state index is -1.22. The number of amides is 1. The number of carboxylic acid groups (broad SMARTS) is 1. The number of carboxylic acids is 1. The number of carbonyl (C=O) groups is 2. The first-order chi connectivity index (χ1) is 10.6. The van der Waals surface area contributed by atoms with Crippen molar-refractivity contribution in [2.75, 3.05) is 24.6 Å². The van der Waals surface area contributed by atoms with E-state index in [0.29, 0.717) is 5.56 Å². The summed E-state index contributed by atoms with van der Waals surface area (Å²) in [6, 6.07) is 5.82. The predicted molar refractivity (Wildman–Crippen MR) is 80.8 cm³/mol. The van der Waals surface area contributed by atoms with Crippen molar-refractivity contribution in [3.63, 3.8) is 0 Å². The normalized spacial score (nSPS) is 18.7. The van der Waals surface area contributed by atoms with Gasteiger partial charge in [0.05, 0.1) is 0 Å². The van der Waals surface area contributed by atoms with Gasteiger partial charge in [-0.2, -0.15) is 0 Å². The molecule has 0 aromatic heterocycles. The Balaban J connectivity index is 1.85. The van der Waals surface area contributed by atoms with Crippen LogP contribution in [0.1, 0.15) is 35.7 Å². The van der Waals surface area contributed by atoms with E-state index in [0.717, 1.165) is 24.3 Å². The standard InChI is InChI=1S/C16H20N2O4/c1-2-22-15(16(20)21)18-10-11-5-6-12(9-13(11)14(18)19)17-7-3-4-8-17/h5-6,9,15H,2-4,7-8,10H2,1H3,(H,20,21). The number of ether oxygens (including phenoxy) is 1. The van der Waals surface area contributed by atoms with Crippen LogP contribution in [0.3, 0.4) is 0 Å². The molecule has 0 bridgehead atoms. The summed E-state index contributed by atoms with van der Waals surface area (Å²) in [7, 11) is 0. The molecule has 1 amide bonds. The molecular formula is C16H20N2O4. The van der Waals surface area contributed by atoms with Gasteiger partial charge < -0.3 is 14.7 Å². The minimum absolute atomic E-state index is 0.246. The zero-order chi connectivity index (χ0) is 15.7. The minimum Gasteiger partial charge on any atom is -0.478 e. The van der Waals surface area contributed by atoms with E-state index in [9.17, 15) is 14.7 Å². The van der Waals surface area contributed by atoms with E-state index in [1.165, 1.54) is 17.7 Å². The fourth-order valence-corrected chi connectivity index (χ4v) is 3.13. The van der Waals surface area contributed by atoms with Crippen LogP contribution in [0.25, 0.3) is 0 Å². The second kappa shape index (κ2) is 5.96. The molecule has 1 unspecified atom stereocenters. The van der Waals surface area contributed by atoms with Crippen LogP contribution in [0.2, 0.25) is 0 Å². The molecule has 2 aliphatic heterocycles. The lowest BCUT2D eigenvalue weighted by atomic mass is 10.1. The van der Waals surface area contributed by atoms with E-state index in [1.807, 2.05) is 18.2 Å². The third-order valence-corrected chi connectivity index (χ3v) is 4.22. The quantitative estimate of drug-likeness (QED) is 0.896. The Bertz CT molecular complexity index is 596. The highest BCUT2D eigenvalue weighted by molar-refractivity contribution is 6.01. The first kappa shape index (κ1) is 14.8. The Kier molecular flexibility index (Phi) is 4.02. The van der Waals surface area contributed by atoms with Crippen LogP contribution in [0.15, 0.2) is 18.2 Å². The third kappa shape index (κ3) is 2.54. The molecule has 1 aromatic carbocycles. The molecule has 1 atom stereocenters. The summed E-state index contributed by atoms with van der Waals surface area (Å²) in [5.41, 5.74) is 2.49. The molecule has 0 spiro atoms. The third-order valence-electron chi connectivity index (χ3n) is 4.22. The van der Waals surface area contributed by atoms with Gasteiger partial charge >= 0.3 is 5.97 Å². The van der Waals surface area contributed by atoms with Crippen molar-refractivity contribution in [2.24, 2.45) is 0 Å². The van der Waals surface area contributed by atoms with E-state index in [4.69, 9.17) is 4.74 Å². The smallest absolute Gasteiger partial charge is 0.354 e. The van der Waals surface area contributed by atoms with Gasteiger partial charge in [-0.1, -0.05) is 6.07 Å². The molecule has 1 saturated heterocycles. The molecule has 1 N–H and O–H groups in total. The monoisotopic (exact) mass is 304 g/mol. The van der Waals surface area contributed by atoms with Gasteiger partial charge in [-0.15, -0.1) is 0 Å². The van der Waals surface area contributed by atoms with E-state index in [-0.39, 0.29) is 19.1 Å². The molecule has 1 fully saturated rings. The number of fused-ring (bicyclic) bond motifs is 1. The number of anilines is 1. The van der Waals surface area contributed by atoms with E-state index in [1.54, 1.807) is 6.92 Å². The molecule has 6 heteroatoms. The summed E-state index contributed by atoms with van der Waals surface area (Å²) in [4.78, 5) is 27.4. The van der Waals surface area contributed by atoms with Crippen LogP contribution >= 0.6 is 0 Å². The van der Waals surface area contributed by atoms with Gasteiger partial charge in [-0.25, -0.2) is 4.79 Å². The average Bonchev–Trinajstić information content (AvgIpc) is 3.13. The first-order valence-electron chi connectivity index (χ1n) is 7.65. The average molecular weight is 304 g/mol. The molecule has 1 aromatic rings. The summed E-state index contributed by atoms with van der Waals surface area (Å²) in [5.74, 6) is -1.40. The molecule has 2 heterocycles. The molecule has 22 heavy (non-hydrogen) atoms. The van der Waals surface area contributed by atoms with Gasteiger partial charge in [0, 0.05) is 37.5 Å². The summed E-state index contributed by atoms with van der Waals surface area (Å²) in [6.07, 6.45) is 1.12. The Morgan fingerprint density at radius 3 is 2.73 bits per heavy atom. The molecule has 0 radical (unpaired) electrons. The van der Waals surface area contributed by atoms with Crippen LogP contribution in [-0.2, 0) is 16.1 Å². The maximum absolute atomic E-state index is 12.5. The van der Waals surface area contributed by atoms with E-state index in [2.05, 4.69) is 4.90 Å². The Hall–Kier alpha value is -2.08. The highest BCUT2D eigenvalue weighted by Gasteiger charge is 2.37. The molecule has 2 aliphatic rings. The summed E-state index contributed by atoms with van der Waals surface area (Å²) < 4.78 is 5.21. The van der Waals surface area contributed by atoms with Crippen LogP contribution in [-0.4, -0.2) is 47.8 Å². The topological polar surface area (TPSA) is 70.1 Å². The second-order valence-corrected chi connectivity index (χ2v) is 5.61. The zero-order valence-corrected chi connectivity index (χ0v) is 12.6. The van der Waals surface area contributed by atoms with Crippen LogP contribution in [0, 0.1) is 0 Å². The van der Waals surface area contributed by atoms with E-state index < -0.39 is 12.2 Å². The summed E-state index contributed by atoms with van der Waals surface area (Å²) >= 11 is 0. The summed E-state index contributed by atoms with van der Waals surface area (Å²) in [5, 5.41) is 9.26. The molecule has 3 rings (SSSR count). The zero-order valence-electron chi connectivity index (χ0n) is 12.6. The largest absolute Gasteiger partial charge is 0.478 e. The second-order valence-electron chi connectivity index (χ2n) is 5.61. The van der Waals surface area contributed by atoms with Crippen LogP contribution < -0.4 is 4.90 Å². The Morgan fingerprint density at radius 2 is 2.09 bits per heavy atom. The number of rotatable bonds is 5. The number of nitrogens with zero attached hydrogens (tertiary/aromatic N) is 2. The lowest BCUT2D eigenvalue weighted by molar-refractivity contribution is -0.161.